The second-order valence-electron chi connectivity index (χ2n) is 11.2. The van der Waals surface area contributed by atoms with Gasteiger partial charge < -0.3 is 24.4 Å². The first-order valence-corrected chi connectivity index (χ1v) is 15.3. The number of ether oxygens (including phenoxy) is 2. The third-order valence-electron chi connectivity index (χ3n) is 8.85. The number of amides is 2. The minimum atomic E-state index is -0.653. The molecule has 0 aromatic rings. The quantitative estimate of drug-likeness (QED) is 0.183. The molecular weight excluding hydrogens is 518 g/mol. The number of morpholine rings is 1. The maximum atomic E-state index is 14.5. The highest BCUT2D eigenvalue weighted by Crippen LogP contribution is 2.68. The van der Waals surface area contributed by atoms with Crippen molar-refractivity contribution in [2.24, 2.45) is 17.8 Å². The third kappa shape index (κ3) is 5.94. The van der Waals surface area contributed by atoms with E-state index in [0.29, 0.717) is 32.8 Å². The Morgan fingerprint density at radius 3 is 2.62 bits per heavy atom. The van der Waals surface area contributed by atoms with Gasteiger partial charge in [0.1, 0.15) is 12.6 Å². The fourth-order valence-electron chi connectivity index (χ4n) is 7.00. The van der Waals surface area contributed by atoms with Crippen molar-refractivity contribution in [2.45, 2.75) is 55.1 Å². The van der Waals surface area contributed by atoms with Gasteiger partial charge in [0.2, 0.25) is 11.8 Å². The summed E-state index contributed by atoms with van der Waals surface area (Å²) in [7, 11) is 0. The molecule has 0 radical (unpaired) electrons. The normalized spacial score (nSPS) is 31.8. The minimum Gasteiger partial charge on any atom is -0.461 e. The summed E-state index contributed by atoms with van der Waals surface area (Å²) in [6.07, 6.45) is 7.29. The fraction of sp³-hybridized carbons (Fsp3) is 0.759. The summed E-state index contributed by atoms with van der Waals surface area (Å²) in [5.41, 5.74) is 0. The monoisotopic (exact) mass is 563 g/mol. The molecule has 3 unspecified atom stereocenters. The van der Waals surface area contributed by atoms with Gasteiger partial charge in [0, 0.05) is 51.1 Å². The second kappa shape index (κ2) is 13.7. The average Bonchev–Trinajstić information content (AvgIpc) is 3.53. The van der Waals surface area contributed by atoms with Crippen molar-refractivity contribution in [2.75, 3.05) is 65.7 Å². The van der Waals surface area contributed by atoms with Crippen LogP contribution in [0.5, 0.6) is 0 Å². The SMILES string of the molecule is C=CCOC(=O)[C@@H]1[C@H]2C(=O)N(CCCCCCO)C(C(=O)N(CC=C)CCN3CCOCC3)C23S[C@@H]1CC3C. The molecule has 2 amide bonds. The molecule has 218 valence electrons. The van der Waals surface area contributed by atoms with Crippen LogP contribution in [0, 0.1) is 17.8 Å². The van der Waals surface area contributed by atoms with Crippen molar-refractivity contribution in [3.63, 3.8) is 0 Å². The van der Waals surface area contributed by atoms with E-state index in [9.17, 15) is 14.4 Å². The first kappa shape index (κ1) is 30.1. The zero-order valence-corrected chi connectivity index (χ0v) is 24.1. The lowest BCUT2D eigenvalue weighted by Crippen LogP contribution is -2.58. The van der Waals surface area contributed by atoms with Crippen molar-refractivity contribution in [1.29, 1.82) is 0 Å². The molecule has 9 nitrogen and oxygen atoms in total. The number of aliphatic hydroxyl groups is 1. The van der Waals surface area contributed by atoms with Crippen molar-refractivity contribution < 1.29 is 29.0 Å². The third-order valence-corrected chi connectivity index (χ3v) is 10.9. The Balaban J connectivity index is 1.61. The van der Waals surface area contributed by atoms with Gasteiger partial charge in [0.15, 0.2) is 0 Å². The zero-order valence-electron chi connectivity index (χ0n) is 23.3. The molecule has 0 aromatic carbocycles. The number of hydrogen-bond donors (Lipinski definition) is 1. The first-order chi connectivity index (χ1) is 18.9. The van der Waals surface area contributed by atoms with E-state index in [-0.39, 0.29) is 42.2 Å². The maximum Gasteiger partial charge on any atom is 0.311 e. The van der Waals surface area contributed by atoms with Gasteiger partial charge in [-0.1, -0.05) is 38.5 Å². The Bertz CT molecular complexity index is 911. The van der Waals surface area contributed by atoms with Crippen LogP contribution >= 0.6 is 11.8 Å². The van der Waals surface area contributed by atoms with Gasteiger partial charge in [0.05, 0.1) is 29.8 Å². The number of rotatable bonds is 15. The number of aliphatic hydroxyl groups excluding tert-OH is 1. The molecule has 6 atom stereocenters. The van der Waals surface area contributed by atoms with Gasteiger partial charge in [0.25, 0.3) is 0 Å². The summed E-state index contributed by atoms with van der Waals surface area (Å²) in [4.78, 5) is 47.8. The van der Waals surface area contributed by atoms with Crippen LogP contribution in [0.1, 0.15) is 39.0 Å². The summed E-state index contributed by atoms with van der Waals surface area (Å²) in [5.74, 6) is -1.49. The molecule has 4 heterocycles. The van der Waals surface area contributed by atoms with E-state index in [0.717, 1.165) is 51.7 Å². The number of carbonyl (C=O) groups is 3. The maximum absolute atomic E-state index is 14.5. The van der Waals surface area contributed by atoms with Crippen LogP contribution in [-0.2, 0) is 23.9 Å². The lowest BCUT2D eigenvalue weighted by atomic mass is 9.66. The molecular formula is C29H45N3O6S. The zero-order chi connectivity index (χ0) is 28.0. The number of likely N-dealkylation sites (tertiary alicyclic amines) is 1. The van der Waals surface area contributed by atoms with E-state index >= 15 is 0 Å². The second-order valence-corrected chi connectivity index (χ2v) is 12.7. The molecule has 0 saturated carbocycles. The molecule has 1 N–H and O–H groups in total. The van der Waals surface area contributed by atoms with Gasteiger partial charge in [-0.3, -0.25) is 19.3 Å². The van der Waals surface area contributed by atoms with Crippen LogP contribution in [0.25, 0.3) is 0 Å². The standard InChI is InChI=1S/C29H45N3O6S/c1-4-10-31(13-12-30-14-18-37-19-15-30)27(35)25-29-21(3)20-22(39-29)23(28(36)38-17-5-2)24(29)26(34)32(25)11-8-6-7-9-16-33/h4-5,21-25,33H,1-2,6-20H2,3H3/t21?,22-,23+,24+,25?,29?/m1/s1. The summed E-state index contributed by atoms with van der Waals surface area (Å²) >= 11 is 1.68. The fourth-order valence-corrected chi connectivity index (χ4v) is 9.40. The van der Waals surface area contributed by atoms with E-state index in [2.05, 4.69) is 25.0 Å². The molecule has 4 rings (SSSR count). The molecule has 0 aromatic heterocycles. The first-order valence-electron chi connectivity index (χ1n) is 14.5. The number of nitrogens with zero attached hydrogens (tertiary/aromatic N) is 3. The van der Waals surface area contributed by atoms with Crippen molar-refractivity contribution in [3.05, 3.63) is 25.3 Å². The highest BCUT2D eigenvalue weighted by Gasteiger charge is 2.76. The Hall–Kier alpha value is -1.88. The molecule has 39 heavy (non-hydrogen) atoms. The molecule has 4 fully saturated rings. The number of carbonyl (C=O) groups excluding carboxylic acids is 3. The number of thioether (sulfide) groups is 1. The minimum absolute atomic E-state index is 0.0329. The lowest BCUT2D eigenvalue weighted by molar-refractivity contribution is -0.153. The molecule has 10 heteroatoms. The molecule has 4 aliphatic heterocycles. The van der Waals surface area contributed by atoms with Gasteiger partial charge in [-0.15, -0.1) is 18.3 Å². The van der Waals surface area contributed by atoms with Crippen LogP contribution in [-0.4, -0.2) is 119 Å². The number of hydrogen-bond acceptors (Lipinski definition) is 8. The summed E-state index contributed by atoms with van der Waals surface area (Å²) in [6, 6.07) is -0.625. The topological polar surface area (TPSA) is 99.6 Å². The molecule has 0 aliphatic carbocycles. The predicted octanol–water partition coefficient (Wildman–Crippen LogP) is 1.95. The van der Waals surface area contributed by atoms with Gasteiger partial charge in [-0.25, -0.2) is 0 Å². The summed E-state index contributed by atoms with van der Waals surface area (Å²) in [6.45, 7) is 15.2. The average molecular weight is 564 g/mol. The van der Waals surface area contributed by atoms with Gasteiger partial charge >= 0.3 is 5.97 Å². The van der Waals surface area contributed by atoms with Crippen molar-refractivity contribution in [3.8, 4) is 0 Å². The predicted molar refractivity (Wildman–Crippen MR) is 151 cm³/mol. The summed E-state index contributed by atoms with van der Waals surface area (Å²) < 4.78 is 10.3. The largest absolute Gasteiger partial charge is 0.461 e. The smallest absolute Gasteiger partial charge is 0.311 e. The van der Waals surface area contributed by atoms with E-state index in [1.165, 1.54) is 0 Å². The highest BCUT2D eigenvalue weighted by molar-refractivity contribution is 8.02. The van der Waals surface area contributed by atoms with Crippen LogP contribution in [0.2, 0.25) is 0 Å². The Labute approximate surface area is 236 Å². The molecule has 1 spiro atoms. The van der Waals surface area contributed by atoms with E-state index < -0.39 is 22.6 Å². The van der Waals surface area contributed by atoms with E-state index in [1.54, 1.807) is 28.8 Å². The molecule has 2 bridgehead atoms. The van der Waals surface area contributed by atoms with E-state index in [1.807, 2.05) is 4.90 Å². The number of fused-ring (bicyclic) bond motifs is 1. The van der Waals surface area contributed by atoms with Crippen LogP contribution in [0.3, 0.4) is 0 Å². The number of esters is 1. The Morgan fingerprint density at radius 1 is 1.18 bits per heavy atom. The highest BCUT2D eigenvalue weighted by atomic mass is 32.2. The van der Waals surface area contributed by atoms with E-state index in [4.69, 9.17) is 14.6 Å². The van der Waals surface area contributed by atoms with Crippen molar-refractivity contribution >= 4 is 29.5 Å². The van der Waals surface area contributed by atoms with Crippen LogP contribution in [0.15, 0.2) is 25.3 Å². The van der Waals surface area contributed by atoms with Crippen LogP contribution in [0.4, 0.5) is 0 Å². The summed E-state index contributed by atoms with van der Waals surface area (Å²) in [5, 5.41) is 9.12. The van der Waals surface area contributed by atoms with Gasteiger partial charge in [-0.2, -0.15) is 0 Å². The Kier molecular flexibility index (Phi) is 10.5. The molecule has 4 aliphatic rings. The van der Waals surface area contributed by atoms with Crippen molar-refractivity contribution in [1.82, 2.24) is 14.7 Å². The number of unbranched alkanes of at least 4 members (excludes halogenated alkanes) is 3. The Morgan fingerprint density at radius 2 is 1.92 bits per heavy atom. The van der Waals surface area contributed by atoms with Crippen LogP contribution < -0.4 is 0 Å². The molecule has 4 saturated heterocycles. The lowest BCUT2D eigenvalue weighted by Gasteiger charge is -2.41. The van der Waals surface area contributed by atoms with Gasteiger partial charge in [-0.05, 0) is 25.2 Å².